The van der Waals surface area contributed by atoms with Gasteiger partial charge in [-0.05, 0) is 55.5 Å². The van der Waals surface area contributed by atoms with Gasteiger partial charge in [0.25, 0.3) is 10.0 Å². The zero-order valence-electron chi connectivity index (χ0n) is 28.6. The molecule has 6 aromatic rings. The molecular weight excluding hydrogens is 740 g/mol. The number of halogens is 2. The number of anilines is 1. The third kappa shape index (κ3) is 7.77. The van der Waals surface area contributed by atoms with E-state index in [9.17, 15) is 18.1 Å². The van der Waals surface area contributed by atoms with E-state index in [1.807, 2.05) is 67.6 Å². The number of pyridine rings is 1. The van der Waals surface area contributed by atoms with Crippen LogP contribution >= 0.6 is 19.2 Å². The summed E-state index contributed by atoms with van der Waals surface area (Å²) in [6.07, 6.45) is 4.60. The van der Waals surface area contributed by atoms with Crippen LogP contribution in [0, 0.1) is 12.7 Å². The number of aliphatic hydroxyl groups is 1. The average Bonchev–Trinajstić information content (AvgIpc) is 3.54. The molecule has 7 rings (SSSR count). The van der Waals surface area contributed by atoms with Crippen LogP contribution in [0.1, 0.15) is 42.4 Å². The summed E-state index contributed by atoms with van der Waals surface area (Å²) in [5, 5.41) is 13.8. The summed E-state index contributed by atoms with van der Waals surface area (Å²) >= 11 is 6.30. The van der Waals surface area contributed by atoms with Gasteiger partial charge in [-0.25, -0.2) is 31.7 Å². The molecule has 0 radical (unpaired) electrons. The minimum atomic E-state index is -4.21. The van der Waals surface area contributed by atoms with Gasteiger partial charge < -0.3 is 19.5 Å². The van der Waals surface area contributed by atoms with Crippen molar-refractivity contribution in [2.45, 2.75) is 62.1 Å². The van der Waals surface area contributed by atoms with Gasteiger partial charge in [0.1, 0.15) is 0 Å². The number of benzene rings is 3. The Balaban J connectivity index is 1.18. The van der Waals surface area contributed by atoms with E-state index in [-0.39, 0.29) is 58.8 Å². The van der Waals surface area contributed by atoms with E-state index in [1.54, 1.807) is 18.2 Å². The van der Waals surface area contributed by atoms with Crippen molar-refractivity contribution in [3.05, 3.63) is 137 Å². The van der Waals surface area contributed by atoms with Gasteiger partial charge in [0.05, 0.1) is 29.3 Å². The highest BCUT2D eigenvalue weighted by Gasteiger charge is 2.52. The summed E-state index contributed by atoms with van der Waals surface area (Å²) < 4.78 is 70.6. The first-order valence-electron chi connectivity index (χ1n) is 16.9. The van der Waals surface area contributed by atoms with E-state index in [0.717, 1.165) is 26.9 Å². The molecule has 3 heterocycles. The quantitative estimate of drug-likeness (QED) is 0.116. The van der Waals surface area contributed by atoms with Gasteiger partial charge in [-0.2, -0.15) is 0 Å². The third-order valence-electron chi connectivity index (χ3n) is 9.18. The highest BCUT2D eigenvalue weighted by Crippen LogP contribution is 2.64. The Morgan fingerprint density at radius 1 is 0.981 bits per heavy atom. The maximum absolute atomic E-state index is 15.4. The second-order valence-electron chi connectivity index (χ2n) is 13.0. The fourth-order valence-electron chi connectivity index (χ4n) is 6.38. The molecule has 0 bridgehead atoms. The van der Waals surface area contributed by atoms with E-state index < -0.39 is 34.8 Å². The Kier molecular flexibility index (Phi) is 10.5. The van der Waals surface area contributed by atoms with Crippen molar-refractivity contribution in [2.75, 3.05) is 5.32 Å². The van der Waals surface area contributed by atoms with E-state index in [4.69, 9.17) is 20.6 Å². The molecule has 1 aliphatic carbocycles. The van der Waals surface area contributed by atoms with Crippen LogP contribution in [0.2, 0.25) is 5.02 Å². The highest BCUT2D eigenvalue weighted by atomic mass is 35.5. The molecule has 11 nitrogen and oxygen atoms in total. The van der Waals surface area contributed by atoms with Crippen molar-refractivity contribution in [2.24, 2.45) is 0 Å². The Bertz CT molecular complexity index is 2360. The van der Waals surface area contributed by atoms with Crippen LogP contribution in [-0.4, -0.2) is 43.8 Å². The van der Waals surface area contributed by atoms with Crippen molar-refractivity contribution in [1.29, 1.82) is 0 Å². The molecule has 274 valence electrons. The minimum absolute atomic E-state index is 0.00922. The van der Waals surface area contributed by atoms with Crippen molar-refractivity contribution in [1.82, 2.24) is 18.9 Å². The highest BCUT2D eigenvalue weighted by molar-refractivity contribution is 7.90. The first kappa shape index (κ1) is 36.9. The van der Waals surface area contributed by atoms with Gasteiger partial charge in [-0.15, -0.1) is 0 Å². The molecule has 3 aromatic heterocycles. The van der Waals surface area contributed by atoms with E-state index in [0.29, 0.717) is 18.2 Å². The molecule has 15 heteroatoms. The first-order valence-corrected chi connectivity index (χ1v) is 20.3. The predicted octanol–water partition coefficient (Wildman–Crippen LogP) is 8.50. The van der Waals surface area contributed by atoms with Crippen LogP contribution in [0.4, 0.5) is 10.2 Å². The fraction of sp³-hybridized carbons (Fsp3) is 0.237. The fourth-order valence-corrected chi connectivity index (χ4v) is 9.93. The molecule has 2 N–H and O–H groups in total. The molecule has 53 heavy (non-hydrogen) atoms. The van der Waals surface area contributed by atoms with Gasteiger partial charge in [0.15, 0.2) is 28.4 Å². The van der Waals surface area contributed by atoms with Crippen molar-refractivity contribution in [3.8, 4) is 11.4 Å². The van der Waals surface area contributed by atoms with Gasteiger partial charge in [0, 0.05) is 35.8 Å². The van der Waals surface area contributed by atoms with Crippen LogP contribution in [0.15, 0.2) is 114 Å². The van der Waals surface area contributed by atoms with Gasteiger partial charge in [0.2, 0.25) is 0 Å². The first-order chi connectivity index (χ1) is 25.4. The second kappa shape index (κ2) is 15.1. The predicted molar refractivity (Wildman–Crippen MR) is 200 cm³/mol. The Hall–Kier alpha value is -4.49. The number of nitrogens with one attached hydrogen (secondary N) is 1. The van der Waals surface area contributed by atoms with Gasteiger partial charge in [-0.1, -0.05) is 90.0 Å². The van der Waals surface area contributed by atoms with Crippen LogP contribution in [0.3, 0.4) is 0 Å². The molecule has 3 aromatic carbocycles. The Morgan fingerprint density at radius 3 is 2.26 bits per heavy atom. The largest absolute Gasteiger partial charge is 0.377 e. The van der Waals surface area contributed by atoms with E-state index >= 15 is 4.39 Å². The zero-order chi connectivity index (χ0) is 37.2. The molecule has 0 amide bonds. The lowest BCUT2D eigenvalue weighted by Crippen LogP contribution is -2.41. The van der Waals surface area contributed by atoms with Gasteiger partial charge in [-0.3, -0.25) is 4.57 Å². The molecule has 0 unspecified atom stereocenters. The Morgan fingerprint density at radius 2 is 1.62 bits per heavy atom. The summed E-state index contributed by atoms with van der Waals surface area (Å²) in [5.41, 5.74) is 2.74. The van der Waals surface area contributed by atoms with Crippen LogP contribution in [0.5, 0.6) is 0 Å². The second-order valence-corrected chi connectivity index (χ2v) is 17.6. The minimum Gasteiger partial charge on any atom is -0.377 e. The topological polar surface area (TPSA) is 146 Å². The lowest BCUT2D eigenvalue weighted by atomic mass is 9.92. The number of fused-ring (bicyclic) bond motifs is 1. The Labute approximate surface area is 311 Å². The smallest absolute Gasteiger partial charge is 0.362 e. The molecule has 0 aliphatic heterocycles. The normalized spacial score (nSPS) is 17.9. The number of aryl methyl sites for hydroxylation is 1. The number of hydrogen-bond donors (Lipinski definition) is 2. The van der Waals surface area contributed by atoms with Gasteiger partial charge >= 0.3 is 7.60 Å². The summed E-state index contributed by atoms with van der Waals surface area (Å²) in [7, 11) is -8.32. The number of aromatic nitrogens is 4. The maximum atomic E-state index is 15.4. The van der Waals surface area contributed by atoms with Crippen LogP contribution < -0.4 is 5.32 Å². The van der Waals surface area contributed by atoms with Crippen molar-refractivity contribution in [3.63, 3.8) is 0 Å². The number of hydrogen-bond acceptors (Lipinski definition) is 10. The van der Waals surface area contributed by atoms with Crippen LogP contribution in [-0.2, 0) is 36.8 Å². The maximum Gasteiger partial charge on any atom is 0.362 e. The SMILES string of the molecule is Cc1ccc(S(=O)(=O)n2cc(-c3ncc(F)c(N[C@H]4CCC[C@](O)(P(=O)(OCc5ccccc5)OCc5ccccc5)C4)n3)c3cc(Cl)cnc32)cc1. The molecule has 1 fully saturated rings. The molecule has 0 spiro atoms. The zero-order valence-corrected chi connectivity index (χ0v) is 31.1. The summed E-state index contributed by atoms with van der Waals surface area (Å²) in [6, 6.07) is 25.7. The monoisotopic (exact) mass is 775 g/mol. The summed E-state index contributed by atoms with van der Waals surface area (Å²) in [5.74, 6) is -0.958. The summed E-state index contributed by atoms with van der Waals surface area (Å²) in [6.45, 7) is 1.75. The lowest BCUT2D eigenvalue weighted by Gasteiger charge is -2.40. The van der Waals surface area contributed by atoms with Crippen molar-refractivity contribution < 1.29 is 31.5 Å². The molecule has 1 aliphatic rings. The number of rotatable bonds is 12. The summed E-state index contributed by atoms with van der Waals surface area (Å²) in [4.78, 5) is 13.0. The molecule has 2 atom stereocenters. The number of nitrogens with zero attached hydrogens (tertiary/aromatic N) is 4. The van der Waals surface area contributed by atoms with Crippen molar-refractivity contribution >= 4 is 46.1 Å². The van der Waals surface area contributed by atoms with Crippen LogP contribution in [0.25, 0.3) is 22.4 Å². The van der Waals surface area contributed by atoms with E-state index in [2.05, 4.69) is 20.3 Å². The standard InChI is InChI=1S/C38H36ClFN5O6PS/c1-26-14-16-31(17-15-26)53(48,49)45-23-33(32-19-29(39)21-42-37(32)45)35-41-22-34(40)36(44-35)43-30-13-8-18-38(46,20-30)52(47,50-24-27-9-4-2-5-10-27)51-25-28-11-6-3-7-12-28/h2-7,9-12,14-17,19,21-23,30,46H,8,13,18,20,24-25H2,1H3,(H,41,43,44)/t30-,38-/m0/s1. The molecular formula is C38H36ClFN5O6PS. The lowest BCUT2D eigenvalue weighted by molar-refractivity contribution is 0.0283. The average molecular weight is 776 g/mol. The third-order valence-corrected chi connectivity index (χ3v) is 13.4. The molecule has 0 saturated heterocycles. The molecule has 1 saturated carbocycles. The van der Waals surface area contributed by atoms with E-state index in [1.165, 1.54) is 24.5 Å².